The SMILES string of the molecule is CC(=O)OC[C@H]1O[C@@H](NC(=O)CN(CC(=O)N(CC(=O)OC(C)(C)C)Cc2ccccc2)C(=O)CN(C)C(C)=O)[C@H](OC(C)=O)[C@@H](OC(C)=O)[C@@H]1OC(C)=O. The molecule has 1 aliphatic rings. The van der Waals surface area contributed by atoms with Gasteiger partial charge in [-0.2, -0.15) is 0 Å². The van der Waals surface area contributed by atoms with Crippen LogP contribution in [0.4, 0.5) is 0 Å². The van der Waals surface area contributed by atoms with E-state index in [1.807, 2.05) is 0 Å². The Morgan fingerprint density at radius 2 is 1.24 bits per heavy atom. The predicted octanol–water partition coefficient (Wildman–Crippen LogP) is -0.137. The minimum atomic E-state index is -1.66. The van der Waals surface area contributed by atoms with Crippen molar-refractivity contribution in [2.24, 2.45) is 0 Å². The fourth-order valence-electron chi connectivity index (χ4n) is 5.20. The van der Waals surface area contributed by atoms with E-state index in [-0.39, 0.29) is 6.54 Å². The molecule has 304 valence electrons. The zero-order valence-corrected chi connectivity index (χ0v) is 32.5. The molecule has 19 heteroatoms. The molecule has 1 N–H and O–H groups in total. The number of hydrogen-bond donors (Lipinski definition) is 1. The number of rotatable bonds is 16. The van der Waals surface area contributed by atoms with Gasteiger partial charge >= 0.3 is 29.8 Å². The van der Waals surface area contributed by atoms with Crippen molar-refractivity contribution in [3.8, 4) is 0 Å². The molecule has 0 aromatic heterocycles. The van der Waals surface area contributed by atoms with E-state index in [1.54, 1.807) is 51.1 Å². The maximum absolute atomic E-state index is 13.9. The number of ether oxygens (including phenoxy) is 6. The quantitative estimate of drug-likeness (QED) is 0.170. The van der Waals surface area contributed by atoms with Crippen LogP contribution in [-0.2, 0) is 78.1 Å². The smallest absolute Gasteiger partial charge is 0.326 e. The fourth-order valence-corrected chi connectivity index (χ4v) is 5.20. The van der Waals surface area contributed by atoms with Gasteiger partial charge in [-0.05, 0) is 26.3 Å². The van der Waals surface area contributed by atoms with Gasteiger partial charge in [0.25, 0.3) is 0 Å². The Morgan fingerprint density at radius 1 is 0.691 bits per heavy atom. The van der Waals surface area contributed by atoms with E-state index in [1.165, 1.54) is 14.0 Å². The van der Waals surface area contributed by atoms with Crippen LogP contribution in [0.15, 0.2) is 30.3 Å². The number of nitrogens with zero attached hydrogens (tertiary/aromatic N) is 3. The van der Waals surface area contributed by atoms with Crippen LogP contribution in [0.2, 0.25) is 0 Å². The Kier molecular flexibility index (Phi) is 17.2. The summed E-state index contributed by atoms with van der Waals surface area (Å²) in [6.07, 6.45) is -7.77. The Hall–Kier alpha value is -5.59. The lowest BCUT2D eigenvalue weighted by Crippen LogP contribution is -2.66. The summed E-state index contributed by atoms with van der Waals surface area (Å²) < 4.78 is 32.5. The largest absolute Gasteiger partial charge is 0.463 e. The number of hydrogen-bond acceptors (Lipinski definition) is 15. The number of carbonyl (C=O) groups is 9. The summed E-state index contributed by atoms with van der Waals surface area (Å²) in [6.45, 7) is 7.13. The normalized spacial score (nSPS) is 19.1. The van der Waals surface area contributed by atoms with Crippen molar-refractivity contribution in [3.05, 3.63) is 35.9 Å². The molecular formula is C36H50N4O15. The molecule has 0 bridgehead atoms. The predicted molar refractivity (Wildman–Crippen MR) is 188 cm³/mol. The topological polar surface area (TPSA) is 231 Å². The van der Waals surface area contributed by atoms with Gasteiger partial charge in [0.1, 0.15) is 37.9 Å². The van der Waals surface area contributed by atoms with Gasteiger partial charge in [0.15, 0.2) is 24.5 Å². The van der Waals surface area contributed by atoms with E-state index in [0.717, 1.165) is 42.4 Å². The minimum Gasteiger partial charge on any atom is -0.463 e. The summed E-state index contributed by atoms with van der Waals surface area (Å²) in [6, 6.07) is 8.68. The first kappa shape index (κ1) is 45.6. The van der Waals surface area contributed by atoms with Crippen LogP contribution >= 0.6 is 0 Å². The summed E-state index contributed by atoms with van der Waals surface area (Å²) in [5.41, 5.74) is -0.222. The standard InChI is InChI=1S/C36H50N4O15/c1-21(41)38(9)17-29(47)40(18-30(48)39(15-26-13-11-10-12-14-26)19-31(49)55-36(6,7)8)16-28(46)37-35-34(53-25(5)45)33(52-24(4)44)32(51-23(3)43)27(54-35)20-50-22(2)42/h10-14,27,32-35H,15-20H2,1-9H3,(H,37,46)/t27-,32-,33+,34-,35-/m1/s1. The highest BCUT2D eigenvalue weighted by molar-refractivity contribution is 5.92. The van der Waals surface area contributed by atoms with Crippen molar-refractivity contribution >= 4 is 53.5 Å². The summed E-state index contributed by atoms with van der Waals surface area (Å²) in [7, 11) is 1.34. The van der Waals surface area contributed by atoms with Crippen LogP contribution in [0.5, 0.6) is 0 Å². The average molecular weight is 779 g/mol. The first-order chi connectivity index (χ1) is 25.6. The van der Waals surface area contributed by atoms with Crippen LogP contribution in [-0.4, -0.2) is 144 Å². The second-order valence-electron chi connectivity index (χ2n) is 13.6. The van der Waals surface area contributed by atoms with E-state index in [9.17, 15) is 43.2 Å². The van der Waals surface area contributed by atoms with Gasteiger partial charge in [-0.1, -0.05) is 30.3 Å². The van der Waals surface area contributed by atoms with Crippen LogP contribution in [0.1, 0.15) is 61.0 Å². The monoisotopic (exact) mass is 778 g/mol. The van der Waals surface area contributed by atoms with Gasteiger partial charge in [-0.15, -0.1) is 0 Å². The number of likely N-dealkylation sites (N-methyl/N-ethyl adjacent to an activating group) is 1. The Morgan fingerprint density at radius 3 is 1.76 bits per heavy atom. The third-order valence-corrected chi connectivity index (χ3v) is 7.53. The summed E-state index contributed by atoms with van der Waals surface area (Å²) in [4.78, 5) is 117. The Labute approximate surface area is 318 Å². The molecule has 4 amide bonds. The van der Waals surface area contributed by atoms with Gasteiger partial charge in [0, 0.05) is 48.2 Å². The highest BCUT2D eigenvalue weighted by atomic mass is 16.7. The van der Waals surface area contributed by atoms with Gasteiger partial charge in [0.2, 0.25) is 23.6 Å². The third kappa shape index (κ3) is 16.1. The molecule has 1 saturated heterocycles. The van der Waals surface area contributed by atoms with E-state index in [0.29, 0.717) is 5.56 Å². The van der Waals surface area contributed by atoms with Gasteiger partial charge in [-0.25, -0.2) is 0 Å². The third-order valence-electron chi connectivity index (χ3n) is 7.53. The van der Waals surface area contributed by atoms with Crippen molar-refractivity contribution in [2.75, 3.05) is 39.8 Å². The summed E-state index contributed by atoms with van der Waals surface area (Å²) in [5, 5.41) is 2.45. The lowest BCUT2D eigenvalue weighted by atomic mass is 9.97. The van der Waals surface area contributed by atoms with Crippen LogP contribution in [0.3, 0.4) is 0 Å². The number of esters is 5. The fraction of sp³-hybridized carbons (Fsp3) is 0.583. The summed E-state index contributed by atoms with van der Waals surface area (Å²) >= 11 is 0. The lowest BCUT2D eigenvalue weighted by Gasteiger charge is -2.44. The van der Waals surface area contributed by atoms with Crippen molar-refractivity contribution in [1.82, 2.24) is 20.0 Å². The van der Waals surface area contributed by atoms with E-state index in [4.69, 9.17) is 28.4 Å². The molecule has 1 aromatic rings. The second kappa shape index (κ2) is 20.8. The van der Waals surface area contributed by atoms with Crippen molar-refractivity contribution in [2.45, 2.75) is 98.2 Å². The maximum atomic E-state index is 13.9. The molecular weight excluding hydrogens is 728 g/mol. The van der Waals surface area contributed by atoms with Crippen molar-refractivity contribution in [3.63, 3.8) is 0 Å². The highest BCUT2D eigenvalue weighted by Crippen LogP contribution is 2.28. The molecule has 5 atom stereocenters. The average Bonchev–Trinajstić information content (AvgIpc) is 3.04. The minimum absolute atomic E-state index is 0.0643. The first-order valence-corrected chi connectivity index (χ1v) is 17.2. The zero-order valence-electron chi connectivity index (χ0n) is 32.5. The molecule has 0 saturated carbocycles. The first-order valence-electron chi connectivity index (χ1n) is 17.2. The van der Waals surface area contributed by atoms with Crippen LogP contribution in [0, 0.1) is 0 Å². The van der Waals surface area contributed by atoms with Crippen molar-refractivity contribution in [1.29, 1.82) is 0 Å². The summed E-state index contributed by atoms with van der Waals surface area (Å²) in [5.74, 6) is -7.21. The molecule has 1 heterocycles. The number of benzene rings is 1. The molecule has 0 radical (unpaired) electrons. The molecule has 1 aromatic carbocycles. The van der Waals surface area contributed by atoms with Gasteiger partial charge in [-0.3, -0.25) is 43.2 Å². The van der Waals surface area contributed by atoms with Crippen LogP contribution in [0.25, 0.3) is 0 Å². The second-order valence-corrected chi connectivity index (χ2v) is 13.6. The number of nitrogens with one attached hydrogen (secondary N) is 1. The maximum Gasteiger partial charge on any atom is 0.326 e. The lowest BCUT2D eigenvalue weighted by molar-refractivity contribution is -0.257. The highest BCUT2D eigenvalue weighted by Gasteiger charge is 2.52. The van der Waals surface area contributed by atoms with Crippen molar-refractivity contribution < 1.29 is 71.6 Å². The van der Waals surface area contributed by atoms with E-state index < -0.39 is 123 Å². The molecule has 0 aliphatic carbocycles. The molecule has 2 rings (SSSR count). The van der Waals surface area contributed by atoms with E-state index >= 15 is 0 Å². The Balaban J connectivity index is 2.49. The van der Waals surface area contributed by atoms with Crippen LogP contribution < -0.4 is 5.32 Å². The molecule has 0 spiro atoms. The zero-order chi connectivity index (χ0) is 41.6. The molecule has 1 fully saturated rings. The number of carbonyl (C=O) groups excluding carboxylic acids is 9. The van der Waals surface area contributed by atoms with E-state index in [2.05, 4.69) is 5.32 Å². The molecule has 1 aliphatic heterocycles. The molecule has 55 heavy (non-hydrogen) atoms. The Bertz CT molecular complexity index is 1580. The van der Waals surface area contributed by atoms with Gasteiger partial charge < -0.3 is 48.4 Å². The number of amides is 4. The molecule has 0 unspecified atom stereocenters. The van der Waals surface area contributed by atoms with Gasteiger partial charge in [0.05, 0.1) is 6.54 Å². The molecule has 19 nitrogen and oxygen atoms in total.